The summed E-state index contributed by atoms with van der Waals surface area (Å²) >= 11 is 0. The molecule has 14 heavy (non-hydrogen) atoms. The Balaban J connectivity index is 3.03. The summed E-state index contributed by atoms with van der Waals surface area (Å²) in [5.74, 6) is 0. The van der Waals surface area contributed by atoms with E-state index in [1.807, 2.05) is 13.0 Å². The van der Waals surface area contributed by atoms with Gasteiger partial charge in [-0.25, -0.2) is 0 Å². The molecule has 0 spiro atoms. The average molecular weight is 190 g/mol. The van der Waals surface area contributed by atoms with E-state index in [1.165, 1.54) is 11.1 Å². The van der Waals surface area contributed by atoms with E-state index in [1.54, 1.807) is 0 Å². The van der Waals surface area contributed by atoms with Crippen molar-refractivity contribution < 1.29 is 0 Å². The summed E-state index contributed by atoms with van der Waals surface area (Å²) in [4.78, 5) is 2.21. The Kier molecular flexibility index (Phi) is 3.45. The van der Waals surface area contributed by atoms with Crippen LogP contribution in [-0.4, -0.2) is 25.8 Å². The monoisotopic (exact) mass is 190 g/mol. The Morgan fingerprint density at radius 1 is 1.71 bits per heavy atom. The second-order valence-electron chi connectivity index (χ2n) is 3.74. The molecule has 1 aliphatic rings. The third kappa shape index (κ3) is 2.03. The first kappa shape index (κ1) is 11.0. The van der Waals surface area contributed by atoms with Crippen LogP contribution in [0.5, 0.6) is 0 Å². The molecule has 1 rings (SSSR count). The van der Waals surface area contributed by atoms with Crippen molar-refractivity contribution in [3.63, 3.8) is 0 Å². The Morgan fingerprint density at radius 3 is 2.86 bits per heavy atom. The van der Waals surface area contributed by atoms with Gasteiger partial charge in [-0.2, -0.15) is 0 Å². The Bertz CT molecular complexity index is 302. The zero-order valence-electron chi connectivity index (χ0n) is 9.54. The highest BCUT2D eigenvalue weighted by atomic mass is 15.1. The third-order valence-corrected chi connectivity index (χ3v) is 2.82. The van der Waals surface area contributed by atoms with Crippen LogP contribution >= 0.6 is 0 Å². The fourth-order valence-electron chi connectivity index (χ4n) is 1.63. The molecule has 0 amide bonds. The van der Waals surface area contributed by atoms with Crippen LogP contribution in [0, 0.1) is 0 Å². The summed E-state index contributed by atoms with van der Waals surface area (Å²) < 4.78 is 0. The predicted octanol–water partition coefficient (Wildman–Crippen LogP) is 1.04. The maximum absolute atomic E-state index is 5.96. The van der Waals surface area contributed by atoms with Crippen molar-refractivity contribution in [3.8, 4) is 0 Å². The van der Waals surface area contributed by atoms with E-state index in [-0.39, 0.29) is 0 Å². The molecular formula is C11H19BN2. The van der Waals surface area contributed by atoms with Crippen LogP contribution in [0.4, 0.5) is 0 Å². The first-order valence-corrected chi connectivity index (χ1v) is 5.16. The minimum atomic E-state index is 0.376. The van der Waals surface area contributed by atoms with Gasteiger partial charge < -0.3 is 10.6 Å². The highest BCUT2D eigenvalue weighted by molar-refractivity contribution is 6.10. The van der Waals surface area contributed by atoms with Crippen LogP contribution < -0.4 is 5.73 Å². The lowest BCUT2D eigenvalue weighted by molar-refractivity contribution is 0.386. The lowest BCUT2D eigenvalue weighted by Gasteiger charge is -2.31. The largest absolute Gasteiger partial charge is 0.399 e. The predicted molar refractivity (Wildman–Crippen MR) is 64.7 cm³/mol. The molecule has 0 aromatic heterocycles. The minimum absolute atomic E-state index is 0.376. The minimum Gasteiger partial charge on any atom is -0.399 e. The maximum atomic E-state index is 5.96. The Hall–Kier alpha value is -1.12. The van der Waals surface area contributed by atoms with Gasteiger partial charge in [-0.15, -0.1) is 0 Å². The van der Waals surface area contributed by atoms with E-state index in [2.05, 4.69) is 39.0 Å². The zero-order valence-corrected chi connectivity index (χ0v) is 9.54. The van der Waals surface area contributed by atoms with Crippen LogP contribution in [0.2, 0.25) is 6.32 Å². The molecule has 0 radical (unpaired) electrons. The molecule has 2 N–H and O–H groups in total. The Labute approximate surface area is 87.6 Å². The molecule has 1 atom stereocenters. The van der Waals surface area contributed by atoms with E-state index in [9.17, 15) is 0 Å². The van der Waals surface area contributed by atoms with E-state index in [4.69, 9.17) is 5.73 Å². The quantitative estimate of drug-likeness (QED) is 0.659. The molecule has 0 fully saturated rings. The van der Waals surface area contributed by atoms with Gasteiger partial charge in [0.2, 0.25) is 0 Å². The van der Waals surface area contributed by atoms with Crippen LogP contribution in [0.3, 0.4) is 0 Å². The fourth-order valence-corrected chi connectivity index (χ4v) is 1.63. The highest BCUT2D eigenvalue weighted by Crippen LogP contribution is 2.23. The second-order valence-corrected chi connectivity index (χ2v) is 3.74. The number of allylic oxidation sites excluding steroid dienone is 3. The molecule has 0 bridgehead atoms. The molecular weight excluding hydrogens is 171 g/mol. The summed E-state index contributed by atoms with van der Waals surface area (Å²) in [7, 11) is 4.26. The molecule has 0 saturated heterocycles. The van der Waals surface area contributed by atoms with E-state index >= 15 is 0 Å². The molecule has 2 nitrogen and oxygen atoms in total. The van der Waals surface area contributed by atoms with Crippen LogP contribution in [-0.2, 0) is 0 Å². The van der Waals surface area contributed by atoms with Crippen molar-refractivity contribution in [2.75, 3.05) is 7.05 Å². The van der Waals surface area contributed by atoms with Crippen molar-refractivity contribution >= 4 is 7.85 Å². The molecule has 0 aliphatic carbocycles. The van der Waals surface area contributed by atoms with Crippen LogP contribution in [0.15, 0.2) is 35.2 Å². The summed E-state index contributed by atoms with van der Waals surface area (Å²) in [6.45, 7) is 4.15. The van der Waals surface area contributed by atoms with E-state index in [0.29, 0.717) is 6.04 Å². The average Bonchev–Trinajstić information content (AvgIpc) is 2.20. The van der Waals surface area contributed by atoms with Gasteiger partial charge in [-0.3, -0.25) is 0 Å². The van der Waals surface area contributed by atoms with Crippen LogP contribution in [0.1, 0.15) is 13.8 Å². The van der Waals surface area contributed by atoms with Gasteiger partial charge in [-0.1, -0.05) is 18.5 Å². The number of likely N-dealkylation sites (N-methyl/N-ethyl adjacent to an activating group) is 1. The summed E-state index contributed by atoms with van der Waals surface area (Å²) in [6, 6.07) is 0.376. The number of hydrogen-bond acceptors (Lipinski definition) is 2. The second kappa shape index (κ2) is 4.40. The van der Waals surface area contributed by atoms with Crippen molar-refractivity contribution in [1.82, 2.24) is 4.90 Å². The van der Waals surface area contributed by atoms with E-state index in [0.717, 1.165) is 12.0 Å². The Morgan fingerprint density at radius 2 is 2.36 bits per heavy atom. The van der Waals surface area contributed by atoms with Gasteiger partial charge in [0, 0.05) is 18.9 Å². The van der Waals surface area contributed by atoms with Crippen molar-refractivity contribution in [2.24, 2.45) is 5.73 Å². The topological polar surface area (TPSA) is 29.3 Å². The van der Waals surface area contributed by atoms with Gasteiger partial charge in [-0.05, 0) is 25.0 Å². The summed E-state index contributed by atoms with van der Waals surface area (Å²) in [5.41, 5.74) is 9.42. The molecule has 1 heterocycles. The molecule has 76 valence electrons. The van der Waals surface area contributed by atoms with Crippen molar-refractivity contribution in [2.45, 2.75) is 26.2 Å². The lowest BCUT2D eigenvalue weighted by Crippen LogP contribution is -2.31. The molecule has 1 aliphatic heterocycles. The van der Waals surface area contributed by atoms with E-state index < -0.39 is 0 Å². The van der Waals surface area contributed by atoms with Gasteiger partial charge in [0.1, 0.15) is 7.85 Å². The molecule has 0 aromatic carbocycles. The fraction of sp³-hybridized carbons (Fsp3) is 0.455. The van der Waals surface area contributed by atoms with Gasteiger partial charge in [0.05, 0.1) is 6.04 Å². The summed E-state index contributed by atoms with van der Waals surface area (Å²) in [5, 5.41) is 0. The normalized spacial score (nSPS) is 23.2. The smallest absolute Gasteiger partial charge is 0.107 e. The van der Waals surface area contributed by atoms with Gasteiger partial charge in [0.15, 0.2) is 0 Å². The summed E-state index contributed by atoms with van der Waals surface area (Å²) in [6.07, 6.45) is 7.42. The van der Waals surface area contributed by atoms with Crippen LogP contribution in [0.25, 0.3) is 0 Å². The highest BCUT2D eigenvalue weighted by Gasteiger charge is 2.18. The van der Waals surface area contributed by atoms with Crippen molar-refractivity contribution in [3.05, 3.63) is 35.2 Å². The number of rotatable bonds is 2. The molecule has 1 unspecified atom stereocenters. The lowest BCUT2D eigenvalue weighted by atomic mass is 9.90. The third-order valence-electron chi connectivity index (χ3n) is 2.82. The molecule has 0 saturated carbocycles. The molecule has 3 heteroatoms. The zero-order chi connectivity index (χ0) is 10.7. The first-order valence-electron chi connectivity index (χ1n) is 5.16. The standard InChI is InChI=1S/C11H19BN2/c1-4-11(13)10-5-9(6-12)7-14(3)8(10)2/h4-5,7-8H,6,12-13H2,1-3H3/b11-4+. The maximum Gasteiger partial charge on any atom is 0.107 e. The number of nitrogens with two attached hydrogens (primary N) is 1. The first-order chi connectivity index (χ1) is 6.60. The van der Waals surface area contributed by atoms with Crippen molar-refractivity contribution in [1.29, 1.82) is 0 Å². The van der Waals surface area contributed by atoms with Gasteiger partial charge in [0.25, 0.3) is 0 Å². The number of hydrogen-bond donors (Lipinski definition) is 1. The number of nitrogens with zero attached hydrogens (tertiary/aromatic N) is 1. The molecule has 0 aromatic rings. The van der Waals surface area contributed by atoms with Gasteiger partial charge >= 0.3 is 0 Å². The SMILES string of the molecule is BCC1=CN(C)C(C)C(/C(N)=C\C)=C1.